The molecule has 1 aromatic carbocycles. The third-order valence-corrected chi connectivity index (χ3v) is 10.9. The summed E-state index contributed by atoms with van der Waals surface area (Å²) in [5, 5.41) is 80.0. The molecule has 0 spiro atoms. The highest BCUT2D eigenvalue weighted by molar-refractivity contribution is 6.33. The lowest BCUT2D eigenvalue weighted by Crippen LogP contribution is -3.16. The van der Waals surface area contributed by atoms with Gasteiger partial charge < -0.3 is 55.4 Å². The van der Waals surface area contributed by atoms with Gasteiger partial charge in [-0.15, -0.1) is 0 Å². The average molecular weight is 714 g/mol. The number of aliphatic hydroxyl groups is 4. The lowest BCUT2D eigenvalue weighted by atomic mass is 9.52. The highest BCUT2D eigenvalue weighted by atomic mass is 35.5. The van der Waals surface area contributed by atoms with Gasteiger partial charge in [0.05, 0.1) is 30.2 Å². The number of halogens is 1. The molecule has 270 valence electrons. The van der Waals surface area contributed by atoms with E-state index < -0.39 is 116 Å². The predicted octanol–water partition coefficient (Wildman–Crippen LogP) is -0.889. The molecule has 3 aliphatic carbocycles. The normalized spacial score (nSPS) is 38.3. The van der Waals surface area contributed by atoms with E-state index in [1.54, 1.807) is 6.92 Å². The summed E-state index contributed by atoms with van der Waals surface area (Å²) in [6.45, 7) is 4.38. The van der Waals surface area contributed by atoms with Crippen LogP contribution >= 0.6 is 11.6 Å². The molecule has 49 heavy (non-hydrogen) atoms. The molecule has 1 aliphatic heterocycles. The van der Waals surface area contributed by atoms with E-state index >= 15 is 0 Å². The lowest BCUT2D eigenvalue weighted by molar-refractivity contribution is -1.09. The first-order chi connectivity index (χ1) is 22.6. The Bertz CT molecular complexity index is 1700. The standard InChI is InChI=1S/C31H40ClN3O14/c1-11-26(47-7)28(2,35(44)45)10-15(48-11)49-29(3)12-9-30(42)23(34(4)5)22(38)18(27(33)41)25(40)31(30,43)24(39)16(12)21(37)17-13(36)8-14(46-6)20(32)19(17)29/h8,11-12,15,23,26,35-37,40,42-44H,9-10H2,1-7H3,(H2,33,41)/t11-,12-,15+,23-,26+,28-,29+,30+,31+/m0/s1. The quantitative estimate of drug-likeness (QED) is 0.126. The molecular weight excluding hydrogens is 674 g/mol. The minimum absolute atomic E-state index is 0.0974. The van der Waals surface area contributed by atoms with Crippen molar-refractivity contribution in [1.82, 2.24) is 4.90 Å². The summed E-state index contributed by atoms with van der Waals surface area (Å²) in [6.07, 6.45) is -4.36. The van der Waals surface area contributed by atoms with E-state index in [0.717, 1.165) is 11.0 Å². The Kier molecular flexibility index (Phi) is 8.94. The van der Waals surface area contributed by atoms with Gasteiger partial charge in [-0.2, -0.15) is 0 Å². The number of carbonyl (C=O) groups excluding carboxylic acids is 3. The van der Waals surface area contributed by atoms with Crippen LogP contribution in [0.5, 0.6) is 11.5 Å². The van der Waals surface area contributed by atoms with Crippen molar-refractivity contribution in [2.24, 2.45) is 11.7 Å². The number of phenolic OH excluding ortho intramolecular Hbond substituents is 1. The zero-order valence-corrected chi connectivity index (χ0v) is 28.5. The van der Waals surface area contributed by atoms with Crippen LogP contribution in [0.15, 0.2) is 23.0 Å². The van der Waals surface area contributed by atoms with Crippen LogP contribution in [-0.4, -0.2) is 123 Å². The fraction of sp³-hybridized carbons (Fsp3) is 0.581. The monoisotopic (exact) mass is 713 g/mol. The molecule has 0 radical (unpaired) electrons. The van der Waals surface area contributed by atoms with Crippen molar-refractivity contribution >= 4 is 34.8 Å². The number of nitrogens with zero attached hydrogens (tertiary/aromatic N) is 1. The van der Waals surface area contributed by atoms with E-state index in [1.807, 2.05) is 0 Å². The summed E-state index contributed by atoms with van der Waals surface area (Å²) in [5.41, 5.74) is -7.02. The molecule has 0 bridgehead atoms. The molecule has 9 N–H and O–H groups in total. The molecule has 1 saturated carbocycles. The minimum atomic E-state index is -3.42. The third kappa shape index (κ3) is 4.76. The second-order valence-corrected chi connectivity index (χ2v) is 13.9. The number of hydrogen-bond acceptors (Lipinski definition) is 15. The number of primary amides is 1. The lowest BCUT2D eigenvalue weighted by Gasteiger charge is -2.58. The van der Waals surface area contributed by atoms with Crippen molar-refractivity contribution in [2.45, 2.75) is 80.5 Å². The summed E-state index contributed by atoms with van der Waals surface area (Å²) in [7, 11) is 5.21. The topological polar surface area (TPSA) is 266 Å². The smallest absolute Gasteiger partial charge is 0.255 e. The number of Topliss-reactive ketones (excluding diaryl/α,β-unsaturated/α-hetero) is 2. The Morgan fingerprint density at radius 2 is 1.78 bits per heavy atom. The molecular formula is C31H40ClN3O14. The number of hydroxylamine groups is 2. The number of hydrogen-bond donors (Lipinski definition) is 8. The zero-order valence-electron chi connectivity index (χ0n) is 27.7. The SMILES string of the molecule is COc1cc(O)c2c(c1Cl)[C@](C)(O[C@@H]1C[C@](C)([NH+]([O-])O)[C@H](OC)[C@H](C)O1)[C@H]1C[C@@]3(O)[C@@H](N(C)C)C(=O)C(C(N)=O)=C(O)[C@]3(O)C(=O)C1=C2O. The first-order valence-corrected chi connectivity index (χ1v) is 15.5. The van der Waals surface area contributed by atoms with Crippen LogP contribution < -0.4 is 15.7 Å². The number of benzene rings is 1. The van der Waals surface area contributed by atoms with Gasteiger partial charge in [-0.1, -0.05) is 11.6 Å². The molecule has 17 nitrogen and oxygen atoms in total. The van der Waals surface area contributed by atoms with Crippen LogP contribution in [-0.2, 0) is 34.2 Å². The molecule has 1 saturated heterocycles. The van der Waals surface area contributed by atoms with E-state index in [-0.39, 0.29) is 22.8 Å². The van der Waals surface area contributed by atoms with Gasteiger partial charge in [0.15, 0.2) is 23.4 Å². The Labute approximate surface area is 285 Å². The number of quaternary nitrogens is 1. The van der Waals surface area contributed by atoms with E-state index in [4.69, 9.17) is 36.3 Å². The fourth-order valence-electron chi connectivity index (χ4n) is 8.29. The molecule has 5 rings (SSSR count). The van der Waals surface area contributed by atoms with Crippen molar-refractivity contribution in [3.63, 3.8) is 0 Å². The van der Waals surface area contributed by atoms with Crippen LogP contribution in [0, 0.1) is 11.1 Å². The molecule has 1 aromatic rings. The molecule has 2 fully saturated rings. The van der Waals surface area contributed by atoms with Crippen LogP contribution in [0.3, 0.4) is 0 Å². The largest absolute Gasteiger partial charge is 0.600 e. The zero-order chi connectivity index (χ0) is 36.9. The van der Waals surface area contributed by atoms with Crippen molar-refractivity contribution in [2.75, 3.05) is 28.3 Å². The molecule has 18 heteroatoms. The number of aliphatic hydroxyl groups excluding tert-OH is 2. The van der Waals surface area contributed by atoms with Crippen molar-refractivity contribution in [3.8, 4) is 11.5 Å². The first-order valence-electron chi connectivity index (χ1n) is 15.2. The van der Waals surface area contributed by atoms with Crippen molar-refractivity contribution < 1.29 is 69.3 Å². The Morgan fingerprint density at radius 1 is 1.16 bits per heavy atom. The van der Waals surface area contributed by atoms with E-state index in [9.17, 15) is 50.3 Å². The number of nitrogens with one attached hydrogen (secondary N) is 1. The van der Waals surface area contributed by atoms with Crippen LogP contribution in [0.1, 0.15) is 44.7 Å². The Balaban J connectivity index is 1.82. The van der Waals surface area contributed by atoms with E-state index in [0.29, 0.717) is 0 Å². The van der Waals surface area contributed by atoms with Crippen LogP contribution in [0.25, 0.3) is 5.76 Å². The van der Waals surface area contributed by atoms with E-state index in [2.05, 4.69) is 0 Å². The highest BCUT2D eigenvalue weighted by Gasteiger charge is 2.75. The summed E-state index contributed by atoms with van der Waals surface area (Å²) in [6, 6.07) is -0.822. The first kappa shape index (κ1) is 36.9. The number of likely N-dealkylation sites (N-methyl/N-ethyl adjacent to an activating group) is 1. The van der Waals surface area contributed by atoms with Gasteiger partial charge in [0.1, 0.15) is 46.2 Å². The summed E-state index contributed by atoms with van der Waals surface area (Å²) in [4.78, 5) is 41.7. The Hall–Kier alpha value is -3.36. The molecule has 1 amide bonds. The second kappa shape index (κ2) is 11.9. The minimum Gasteiger partial charge on any atom is -0.600 e. The number of carbonyl (C=O) groups is 3. The van der Waals surface area contributed by atoms with Crippen LogP contribution in [0.2, 0.25) is 5.02 Å². The van der Waals surface area contributed by atoms with Gasteiger partial charge >= 0.3 is 0 Å². The highest BCUT2D eigenvalue weighted by Crippen LogP contribution is 2.62. The Morgan fingerprint density at radius 3 is 2.29 bits per heavy atom. The summed E-state index contributed by atoms with van der Waals surface area (Å²) < 4.78 is 23.5. The maximum absolute atomic E-state index is 14.6. The van der Waals surface area contributed by atoms with Crippen molar-refractivity contribution in [3.05, 3.63) is 44.3 Å². The number of nitrogens with two attached hydrogens (primary N) is 1. The van der Waals surface area contributed by atoms with Gasteiger partial charge in [-0.05, 0) is 41.3 Å². The van der Waals surface area contributed by atoms with E-state index in [1.165, 1.54) is 42.2 Å². The van der Waals surface area contributed by atoms with Gasteiger partial charge in [-0.25, -0.2) is 10.4 Å². The van der Waals surface area contributed by atoms with Gasteiger partial charge in [0.25, 0.3) is 5.91 Å². The summed E-state index contributed by atoms with van der Waals surface area (Å²) >= 11 is 6.83. The second-order valence-electron chi connectivity index (χ2n) is 13.5. The number of ether oxygens (including phenoxy) is 4. The molecule has 1 heterocycles. The third-order valence-electron chi connectivity index (χ3n) is 10.6. The van der Waals surface area contributed by atoms with Crippen molar-refractivity contribution in [1.29, 1.82) is 0 Å². The number of phenols is 1. The number of fused-ring (bicyclic) bond motifs is 3. The summed E-state index contributed by atoms with van der Waals surface area (Å²) in [5.74, 6) is -9.00. The molecule has 4 aliphatic rings. The average Bonchev–Trinajstić information content (AvgIpc) is 2.98. The van der Waals surface area contributed by atoms with Crippen LogP contribution in [0.4, 0.5) is 0 Å². The fourth-order valence-corrected chi connectivity index (χ4v) is 8.71. The number of amides is 1. The maximum atomic E-state index is 14.6. The predicted molar refractivity (Wildman–Crippen MR) is 166 cm³/mol. The van der Waals surface area contributed by atoms with Gasteiger partial charge in [-0.3, -0.25) is 19.3 Å². The van der Waals surface area contributed by atoms with Gasteiger partial charge in [0, 0.05) is 30.2 Å². The maximum Gasteiger partial charge on any atom is 0.255 e. The number of aromatic hydroxyl groups is 1. The number of ketones is 2. The molecule has 1 unspecified atom stereocenters. The number of methoxy groups -OCH3 is 2. The molecule has 10 atom stereocenters. The van der Waals surface area contributed by atoms with Gasteiger partial charge in [0.2, 0.25) is 11.4 Å². The number of rotatable bonds is 7. The molecule has 0 aromatic heterocycles.